The Bertz CT molecular complexity index is 1260. The standard InChI is InChI=1S/C28H30FN5O2/c1-33(2)17-7-16-30-28(36)34(3)22-13-11-21(12-14-22)31-26(19-8-5-4-6-9-19)25-23-15-10-20(29)18-24(23)32-27(25)35/h4-6,8-15,18,25H,7,16-17H2,1-3H3,(H,30,36)(H,32,35). The van der Waals surface area contributed by atoms with Crippen LogP contribution in [0.2, 0.25) is 0 Å². The van der Waals surface area contributed by atoms with Gasteiger partial charge in [-0.05, 0) is 74.6 Å². The van der Waals surface area contributed by atoms with E-state index in [4.69, 9.17) is 4.99 Å². The van der Waals surface area contributed by atoms with Crippen LogP contribution in [0.5, 0.6) is 0 Å². The maximum absolute atomic E-state index is 13.7. The second kappa shape index (κ2) is 11.1. The molecule has 0 aliphatic carbocycles. The maximum atomic E-state index is 13.7. The van der Waals surface area contributed by atoms with E-state index in [9.17, 15) is 14.0 Å². The third-order valence-electron chi connectivity index (χ3n) is 6.04. The fraction of sp³-hybridized carbons (Fsp3) is 0.250. The van der Waals surface area contributed by atoms with E-state index >= 15 is 0 Å². The molecule has 36 heavy (non-hydrogen) atoms. The summed E-state index contributed by atoms with van der Waals surface area (Å²) in [6.45, 7) is 1.50. The van der Waals surface area contributed by atoms with Crippen molar-refractivity contribution in [1.82, 2.24) is 10.2 Å². The second-order valence-electron chi connectivity index (χ2n) is 8.98. The summed E-state index contributed by atoms with van der Waals surface area (Å²) in [6.07, 6.45) is 0.868. The smallest absolute Gasteiger partial charge is 0.321 e. The minimum absolute atomic E-state index is 0.179. The molecule has 0 saturated carbocycles. The van der Waals surface area contributed by atoms with E-state index in [1.54, 1.807) is 18.0 Å². The first-order valence-corrected chi connectivity index (χ1v) is 11.8. The number of aliphatic imine (C=N–C) groups is 1. The van der Waals surface area contributed by atoms with Gasteiger partial charge in [-0.25, -0.2) is 9.18 Å². The van der Waals surface area contributed by atoms with Crippen molar-refractivity contribution in [3.8, 4) is 0 Å². The van der Waals surface area contributed by atoms with Gasteiger partial charge in [0.15, 0.2) is 0 Å². The Balaban J connectivity index is 1.58. The van der Waals surface area contributed by atoms with Crippen LogP contribution in [0.25, 0.3) is 0 Å². The van der Waals surface area contributed by atoms with E-state index in [1.807, 2.05) is 68.7 Å². The number of rotatable bonds is 8. The molecule has 0 saturated heterocycles. The van der Waals surface area contributed by atoms with Gasteiger partial charge < -0.3 is 15.5 Å². The number of benzene rings is 3. The van der Waals surface area contributed by atoms with E-state index in [1.165, 1.54) is 12.1 Å². The number of hydrogen-bond donors (Lipinski definition) is 2. The summed E-state index contributed by atoms with van der Waals surface area (Å²) in [5.41, 5.74) is 3.88. The van der Waals surface area contributed by atoms with Gasteiger partial charge in [0, 0.05) is 25.0 Å². The molecule has 4 rings (SSSR count). The van der Waals surface area contributed by atoms with Crippen LogP contribution in [0.4, 0.5) is 26.2 Å². The van der Waals surface area contributed by atoms with Crippen molar-refractivity contribution in [3.63, 3.8) is 0 Å². The summed E-state index contributed by atoms with van der Waals surface area (Å²) >= 11 is 0. The lowest BCUT2D eigenvalue weighted by Gasteiger charge is -2.19. The molecule has 2 N–H and O–H groups in total. The van der Waals surface area contributed by atoms with Crippen LogP contribution in [0.15, 0.2) is 77.8 Å². The molecule has 1 aliphatic heterocycles. The summed E-state index contributed by atoms with van der Waals surface area (Å²) in [5, 5.41) is 5.70. The van der Waals surface area contributed by atoms with Gasteiger partial charge >= 0.3 is 6.03 Å². The van der Waals surface area contributed by atoms with Gasteiger partial charge in [0.2, 0.25) is 5.91 Å². The van der Waals surface area contributed by atoms with Gasteiger partial charge in [-0.1, -0.05) is 36.4 Å². The first kappa shape index (κ1) is 25.1. The topological polar surface area (TPSA) is 77.0 Å². The molecule has 3 aromatic rings. The van der Waals surface area contributed by atoms with Crippen molar-refractivity contribution in [1.29, 1.82) is 0 Å². The van der Waals surface area contributed by atoms with Crippen molar-refractivity contribution < 1.29 is 14.0 Å². The normalized spacial score (nSPS) is 15.0. The van der Waals surface area contributed by atoms with Crippen molar-refractivity contribution in [2.24, 2.45) is 4.99 Å². The number of fused-ring (bicyclic) bond motifs is 1. The molecule has 1 atom stereocenters. The van der Waals surface area contributed by atoms with E-state index in [-0.39, 0.29) is 11.9 Å². The van der Waals surface area contributed by atoms with Crippen LogP contribution in [0.3, 0.4) is 0 Å². The first-order valence-electron chi connectivity index (χ1n) is 11.8. The van der Waals surface area contributed by atoms with Crippen LogP contribution in [0, 0.1) is 5.82 Å². The summed E-state index contributed by atoms with van der Waals surface area (Å²) < 4.78 is 13.7. The number of carbonyl (C=O) groups excluding carboxylic acids is 2. The van der Waals surface area contributed by atoms with Crippen molar-refractivity contribution in [2.45, 2.75) is 12.3 Å². The monoisotopic (exact) mass is 487 g/mol. The highest BCUT2D eigenvalue weighted by molar-refractivity contribution is 6.24. The lowest BCUT2D eigenvalue weighted by molar-refractivity contribution is -0.115. The SMILES string of the molecule is CN(C)CCCNC(=O)N(C)c1ccc(N=C(c2ccccc2)C2C(=O)Nc3cc(F)ccc32)cc1. The number of nitrogens with zero attached hydrogens (tertiary/aromatic N) is 3. The fourth-order valence-electron chi connectivity index (χ4n) is 4.13. The lowest BCUT2D eigenvalue weighted by atomic mass is 9.90. The Morgan fingerprint density at radius 3 is 2.44 bits per heavy atom. The zero-order valence-electron chi connectivity index (χ0n) is 20.7. The Labute approximate surface area is 210 Å². The Morgan fingerprint density at radius 2 is 1.75 bits per heavy atom. The average molecular weight is 488 g/mol. The van der Waals surface area contributed by atoms with E-state index in [0.717, 1.165) is 24.2 Å². The van der Waals surface area contributed by atoms with Crippen LogP contribution < -0.4 is 15.5 Å². The van der Waals surface area contributed by atoms with Gasteiger partial charge in [-0.15, -0.1) is 0 Å². The van der Waals surface area contributed by atoms with Crippen molar-refractivity contribution in [3.05, 3.63) is 89.7 Å². The molecule has 0 spiro atoms. The van der Waals surface area contributed by atoms with Gasteiger partial charge in [0.1, 0.15) is 11.7 Å². The maximum Gasteiger partial charge on any atom is 0.321 e. The highest BCUT2D eigenvalue weighted by atomic mass is 19.1. The first-order chi connectivity index (χ1) is 17.3. The number of urea groups is 1. The molecule has 3 aromatic carbocycles. The van der Waals surface area contributed by atoms with E-state index in [2.05, 4.69) is 15.5 Å². The van der Waals surface area contributed by atoms with Gasteiger partial charge in [0.05, 0.1) is 11.4 Å². The zero-order valence-corrected chi connectivity index (χ0v) is 20.7. The summed E-state index contributed by atoms with van der Waals surface area (Å²) in [6, 6.07) is 20.9. The highest BCUT2D eigenvalue weighted by Gasteiger charge is 2.35. The number of anilines is 2. The van der Waals surface area contributed by atoms with Crippen LogP contribution in [-0.2, 0) is 4.79 Å². The molecule has 8 heteroatoms. The quantitative estimate of drug-likeness (QED) is 0.355. The number of carbonyl (C=O) groups is 2. The van der Waals surface area contributed by atoms with Crippen LogP contribution >= 0.6 is 0 Å². The third kappa shape index (κ3) is 5.78. The number of nitrogens with one attached hydrogen (secondary N) is 2. The molecule has 1 heterocycles. The molecule has 186 valence electrons. The Morgan fingerprint density at radius 1 is 1.03 bits per heavy atom. The molecule has 0 fully saturated rings. The number of hydrogen-bond acceptors (Lipinski definition) is 4. The summed E-state index contributed by atoms with van der Waals surface area (Å²) in [4.78, 5) is 33.9. The largest absolute Gasteiger partial charge is 0.338 e. The van der Waals surface area contributed by atoms with E-state index < -0.39 is 11.7 Å². The molecule has 3 amide bonds. The lowest BCUT2D eigenvalue weighted by Crippen LogP contribution is -2.38. The minimum atomic E-state index is -0.668. The molecule has 1 aliphatic rings. The molecular weight excluding hydrogens is 457 g/mol. The molecule has 1 unspecified atom stereocenters. The van der Waals surface area contributed by atoms with Crippen LogP contribution in [-0.4, -0.2) is 56.8 Å². The summed E-state index contributed by atoms with van der Waals surface area (Å²) in [7, 11) is 5.71. The van der Waals surface area contributed by atoms with Gasteiger partial charge in [-0.3, -0.25) is 14.7 Å². The zero-order chi connectivity index (χ0) is 25.7. The molecule has 7 nitrogen and oxygen atoms in total. The van der Waals surface area contributed by atoms with Gasteiger partial charge in [-0.2, -0.15) is 0 Å². The highest BCUT2D eigenvalue weighted by Crippen LogP contribution is 2.36. The fourth-order valence-corrected chi connectivity index (χ4v) is 4.13. The average Bonchev–Trinajstić information content (AvgIpc) is 3.19. The molecule has 0 aromatic heterocycles. The Hall–Kier alpha value is -4.04. The third-order valence-corrected chi connectivity index (χ3v) is 6.04. The predicted molar refractivity (Wildman–Crippen MR) is 142 cm³/mol. The predicted octanol–water partition coefficient (Wildman–Crippen LogP) is 4.78. The molecule has 0 bridgehead atoms. The summed E-state index contributed by atoms with van der Waals surface area (Å²) in [5.74, 6) is -1.33. The number of amides is 3. The second-order valence-corrected chi connectivity index (χ2v) is 8.98. The molecule has 0 radical (unpaired) electrons. The van der Waals surface area contributed by atoms with Gasteiger partial charge in [0.25, 0.3) is 0 Å². The van der Waals surface area contributed by atoms with Crippen molar-refractivity contribution in [2.75, 3.05) is 44.4 Å². The molecular formula is C28H30FN5O2. The minimum Gasteiger partial charge on any atom is -0.338 e. The Kier molecular flexibility index (Phi) is 7.75. The number of halogens is 1. The van der Waals surface area contributed by atoms with Crippen LogP contribution in [0.1, 0.15) is 23.5 Å². The van der Waals surface area contributed by atoms with E-state index in [0.29, 0.717) is 29.2 Å². The van der Waals surface area contributed by atoms with Crippen molar-refractivity contribution >= 4 is 34.7 Å².